The number of aromatic nitrogens is 2. The number of hydrogen-bond donors (Lipinski definition) is 1. The van der Waals surface area contributed by atoms with Crippen LogP contribution in [0.2, 0.25) is 0 Å². The Balaban J connectivity index is 2.37. The fourth-order valence-electron chi connectivity index (χ4n) is 1.43. The predicted octanol–water partition coefficient (Wildman–Crippen LogP) is 2.61. The monoisotopic (exact) mass is 283 g/mol. The summed E-state index contributed by atoms with van der Waals surface area (Å²) in [6.07, 6.45) is 3.33. The van der Waals surface area contributed by atoms with E-state index in [1.165, 1.54) is 5.56 Å². The molecule has 1 unspecified atom stereocenters. The van der Waals surface area contributed by atoms with E-state index in [4.69, 9.17) is 0 Å². The van der Waals surface area contributed by atoms with Crippen LogP contribution < -0.4 is 5.32 Å². The Hall–Kier alpha value is -0.780. The van der Waals surface area contributed by atoms with Gasteiger partial charge in [-0.1, -0.05) is 0 Å². The van der Waals surface area contributed by atoms with Crippen LogP contribution in [-0.2, 0) is 0 Å². The van der Waals surface area contributed by atoms with Gasteiger partial charge in [-0.05, 0) is 40.0 Å². The highest BCUT2D eigenvalue weighted by molar-refractivity contribution is 9.10. The molecule has 2 aromatic heterocycles. The van der Waals surface area contributed by atoms with Crippen molar-refractivity contribution < 1.29 is 0 Å². The van der Waals surface area contributed by atoms with Gasteiger partial charge < -0.3 is 5.32 Å². The minimum atomic E-state index is 0.119. The number of rotatable bonds is 3. The maximum atomic E-state index is 4.26. The van der Waals surface area contributed by atoms with Gasteiger partial charge in [-0.3, -0.25) is 0 Å². The van der Waals surface area contributed by atoms with Crippen LogP contribution in [0.3, 0.4) is 0 Å². The molecule has 0 saturated heterocycles. The summed E-state index contributed by atoms with van der Waals surface area (Å²) in [6, 6.07) is 2.04. The molecule has 0 fully saturated rings. The van der Waals surface area contributed by atoms with E-state index in [0.29, 0.717) is 0 Å². The van der Waals surface area contributed by atoms with Gasteiger partial charge in [0.15, 0.2) is 0 Å². The largest absolute Gasteiger partial charge is 0.308 e. The molecule has 0 aliphatic heterocycles. The third-order valence-corrected chi connectivity index (χ3v) is 3.89. The van der Waals surface area contributed by atoms with Crippen LogP contribution in [0, 0.1) is 0 Å². The lowest BCUT2D eigenvalue weighted by molar-refractivity contribution is 0.668. The number of hydrogen-bond acceptors (Lipinski definition) is 4. The Kier molecular flexibility index (Phi) is 3.45. The van der Waals surface area contributed by atoms with Crippen molar-refractivity contribution in [2.24, 2.45) is 0 Å². The molecular formula is C10H10BrN3S. The highest BCUT2D eigenvalue weighted by atomic mass is 79.9. The van der Waals surface area contributed by atoms with Gasteiger partial charge in [0.2, 0.25) is 0 Å². The normalized spacial score (nSPS) is 12.7. The van der Waals surface area contributed by atoms with Gasteiger partial charge in [0.1, 0.15) is 6.33 Å². The summed E-state index contributed by atoms with van der Waals surface area (Å²) in [5.74, 6) is 0. The molecule has 1 N–H and O–H groups in total. The van der Waals surface area contributed by atoms with Crippen LogP contribution in [0.25, 0.3) is 0 Å². The van der Waals surface area contributed by atoms with Crippen molar-refractivity contribution in [1.29, 1.82) is 0 Å². The standard InChI is InChI=1S/C10H10BrN3S/c1-12-10(7-4-15-5-8(7)11)9-2-3-13-6-14-9/h2-6,10,12H,1H3. The molecule has 2 heterocycles. The fourth-order valence-corrected chi connectivity index (χ4v) is 2.98. The number of nitrogens with one attached hydrogen (secondary N) is 1. The van der Waals surface area contributed by atoms with Gasteiger partial charge in [-0.25, -0.2) is 9.97 Å². The molecular weight excluding hydrogens is 274 g/mol. The van der Waals surface area contributed by atoms with Crippen molar-refractivity contribution in [1.82, 2.24) is 15.3 Å². The topological polar surface area (TPSA) is 37.8 Å². The van der Waals surface area contributed by atoms with Crippen molar-refractivity contribution in [3.63, 3.8) is 0 Å². The van der Waals surface area contributed by atoms with Gasteiger partial charge in [-0.2, -0.15) is 11.3 Å². The minimum Gasteiger partial charge on any atom is -0.308 e. The Labute approximate surface area is 101 Å². The van der Waals surface area contributed by atoms with Crippen molar-refractivity contribution >= 4 is 27.3 Å². The van der Waals surface area contributed by atoms with E-state index < -0.39 is 0 Å². The fraction of sp³-hybridized carbons (Fsp3) is 0.200. The number of halogens is 1. The molecule has 0 amide bonds. The van der Waals surface area contributed by atoms with Crippen molar-refractivity contribution in [3.05, 3.63) is 45.1 Å². The van der Waals surface area contributed by atoms with Gasteiger partial charge in [0.05, 0.1) is 11.7 Å². The first-order valence-electron chi connectivity index (χ1n) is 4.47. The smallest absolute Gasteiger partial charge is 0.115 e. The molecule has 0 spiro atoms. The highest BCUT2D eigenvalue weighted by Crippen LogP contribution is 2.30. The van der Waals surface area contributed by atoms with Crippen molar-refractivity contribution in [2.45, 2.75) is 6.04 Å². The Bertz CT molecular complexity index is 429. The molecule has 3 nitrogen and oxygen atoms in total. The highest BCUT2D eigenvalue weighted by Gasteiger charge is 2.16. The molecule has 2 aromatic rings. The predicted molar refractivity (Wildman–Crippen MR) is 65.0 cm³/mol. The molecule has 15 heavy (non-hydrogen) atoms. The molecule has 78 valence electrons. The van der Waals surface area contributed by atoms with Crippen LogP contribution in [-0.4, -0.2) is 17.0 Å². The summed E-state index contributed by atoms with van der Waals surface area (Å²) in [7, 11) is 1.93. The molecule has 1 atom stereocenters. The summed E-state index contributed by atoms with van der Waals surface area (Å²) < 4.78 is 1.12. The maximum absolute atomic E-state index is 4.26. The molecule has 0 aliphatic rings. The lowest BCUT2D eigenvalue weighted by atomic mass is 10.1. The average Bonchev–Trinajstić information content (AvgIpc) is 2.68. The van der Waals surface area contributed by atoms with E-state index >= 15 is 0 Å². The Morgan fingerprint density at radius 3 is 2.87 bits per heavy atom. The lowest BCUT2D eigenvalue weighted by Gasteiger charge is -2.14. The second-order valence-electron chi connectivity index (χ2n) is 3.03. The van der Waals surface area contributed by atoms with Crippen LogP contribution in [0.5, 0.6) is 0 Å². The SMILES string of the molecule is CNC(c1ccncn1)c1cscc1Br. The second kappa shape index (κ2) is 4.83. The van der Waals surface area contributed by atoms with Crippen molar-refractivity contribution in [2.75, 3.05) is 7.05 Å². The zero-order valence-electron chi connectivity index (χ0n) is 8.14. The zero-order valence-corrected chi connectivity index (χ0v) is 10.5. The molecule has 0 radical (unpaired) electrons. The molecule has 5 heteroatoms. The Morgan fingerprint density at radius 2 is 2.33 bits per heavy atom. The molecule has 0 bridgehead atoms. The maximum Gasteiger partial charge on any atom is 0.115 e. The van der Waals surface area contributed by atoms with Gasteiger partial charge in [0.25, 0.3) is 0 Å². The molecule has 2 rings (SSSR count). The third kappa shape index (κ3) is 2.25. The van der Waals surface area contributed by atoms with E-state index in [-0.39, 0.29) is 6.04 Å². The summed E-state index contributed by atoms with van der Waals surface area (Å²) >= 11 is 5.21. The van der Waals surface area contributed by atoms with Gasteiger partial charge in [-0.15, -0.1) is 0 Å². The molecule has 0 aromatic carbocycles. The third-order valence-electron chi connectivity index (χ3n) is 2.14. The summed E-state index contributed by atoms with van der Waals surface area (Å²) in [6.45, 7) is 0. The summed E-state index contributed by atoms with van der Waals surface area (Å²) in [4.78, 5) is 8.18. The van der Waals surface area contributed by atoms with Crippen LogP contribution in [0.1, 0.15) is 17.3 Å². The second-order valence-corrected chi connectivity index (χ2v) is 4.63. The minimum absolute atomic E-state index is 0.119. The zero-order chi connectivity index (χ0) is 10.7. The quantitative estimate of drug-likeness (QED) is 0.941. The van der Waals surface area contributed by atoms with E-state index in [1.807, 2.05) is 13.1 Å². The number of nitrogens with zero attached hydrogens (tertiary/aromatic N) is 2. The first-order chi connectivity index (χ1) is 7.33. The average molecular weight is 284 g/mol. The van der Waals surface area contributed by atoms with Crippen LogP contribution >= 0.6 is 27.3 Å². The van der Waals surface area contributed by atoms with E-state index in [2.05, 4.69) is 42.0 Å². The summed E-state index contributed by atoms with van der Waals surface area (Å²) in [5.41, 5.74) is 2.19. The summed E-state index contributed by atoms with van der Waals surface area (Å²) in [5, 5.41) is 7.44. The first kappa shape index (κ1) is 10.7. The molecule has 0 saturated carbocycles. The van der Waals surface area contributed by atoms with Crippen LogP contribution in [0.15, 0.2) is 33.8 Å². The first-order valence-corrected chi connectivity index (χ1v) is 6.21. The number of thiophene rings is 1. The Morgan fingerprint density at radius 1 is 1.47 bits per heavy atom. The lowest BCUT2D eigenvalue weighted by Crippen LogP contribution is -2.18. The van der Waals surface area contributed by atoms with Gasteiger partial charge in [0, 0.05) is 16.0 Å². The molecule has 0 aliphatic carbocycles. The van der Waals surface area contributed by atoms with E-state index in [0.717, 1.165) is 10.2 Å². The van der Waals surface area contributed by atoms with Gasteiger partial charge >= 0.3 is 0 Å². The van der Waals surface area contributed by atoms with E-state index in [1.54, 1.807) is 23.9 Å². The van der Waals surface area contributed by atoms with Crippen LogP contribution in [0.4, 0.5) is 0 Å². The van der Waals surface area contributed by atoms with E-state index in [9.17, 15) is 0 Å². The van der Waals surface area contributed by atoms with Crippen molar-refractivity contribution in [3.8, 4) is 0 Å².